The van der Waals surface area contributed by atoms with Gasteiger partial charge in [0.05, 0.1) is 30.1 Å². The zero-order valence-corrected chi connectivity index (χ0v) is 15.9. The number of methoxy groups -OCH3 is 1. The van der Waals surface area contributed by atoms with Crippen LogP contribution in [0.5, 0.6) is 23.0 Å². The van der Waals surface area contributed by atoms with Gasteiger partial charge in [0.1, 0.15) is 0 Å². The van der Waals surface area contributed by atoms with Gasteiger partial charge in [-0.3, -0.25) is 4.79 Å². The third-order valence-corrected chi connectivity index (χ3v) is 4.31. The highest BCUT2D eigenvalue weighted by molar-refractivity contribution is 6.32. The number of nitrogen functional groups attached to an aromatic ring is 1. The number of carbonyl (C=O) groups excluding carboxylic acids is 1. The number of hydrogen-bond acceptors (Lipinski definition) is 6. The number of unbranched alkanes of at least 4 members (excludes halogenated alkanes) is 1. The van der Waals surface area contributed by atoms with E-state index in [4.69, 9.17) is 36.3 Å². The van der Waals surface area contributed by atoms with E-state index in [0.717, 1.165) is 12.8 Å². The van der Waals surface area contributed by atoms with Gasteiger partial charge in [0.25, 0.3) is 5.91 Å². The van der Waals surface area contributed by atoms with Gasteiger partial charge >= 0.3 is 0 Å². The number of ether oxygens (including phenoxy) is 4. The highest BCUT2D eigenvalue weighted by Gasteiger charge is 2.20. The summed E-state index contributed by atoms with van der Waals surface area (Å²) < 4.78 is 21.6. The number of nitrogens with two attached hydrogens (primary N) is 1. The molecule has 0 bridgehead atoms. The van der Waals surface area contributed by atoms with Gasteiger partial charge in [0, 0.05) is 17.7 Å². The molecule has 0 fully saturated rings. The fourth-order valence-electron chi connectivity index (χ4n) is 2.57. The smallest absolute Gasteiger partial charge is 0.255 e. The Balaban J connectivity index is 1.82. The van der Waals surface area contributed by atoms with Crippen LogP contribution in [0.1, 0.15) is 30.1 Å². The molecule has 3 rings (SSSR count). The van der Waals surface area contributed by atoms with Crippen LogP contribution in [0.25, 0.3) is 0 Å². The Morgan fingerprint density at radius 2 is 2.00 bits per heavy atom. The number of anilines is 2. The molecule has 0 aliphatic carbocycles. The molecule has 1 amide bonds. The lowest BCUT2D eigenvalue weighted by atomic mass is 10.1. The van der Waals surface area contributed by atoms with Crippen LogP contribution in [-0.4, -0.2) is 26.4 Å². The third kappa shape index (κ3) is 4.14. The Morgan fingerprint density at radius 3 is 2.70 bits per heavy atom. The van der Waals surface area contributed by atoms with Gasteiger partial charge in [-0.2, -0.15) is 0 Å². The molecule has 1 aliphatic heterocycles. The van der Waals surface area contributed by atoms with Crippen LogP contribution in [0.4, 0.5) is 11.4 Å². The fraction of sp³-hybridized carbons (Fsp3) is 0.316. The third-order valence-electron chi connectivity index (χ3n) is 4.03. The van der Waals surface area contributed by atoms with Crippen LogP contribution >= 0.6 is 11.6 Å². The average Bonchev–Trinajstić information content (AvgIpc) is 3.10. The Kier molecular flexibility index (Phi) is 5.81. The van der Waals surface area contributed by atoms with Gasteiger partial charge in [0.15, 0.2) is 23.0 Å². The topological polar surface area (TPSA) is 92.0 Å². The van der Waals surface area contributed by atoms with Gasteiger partial charge in [0.2, 0.25) is 6.79 Å². The summed E-state index contributed by atoms with van der Waals surface area (Å²) in [4.78, 5) is 12.7. The zero-order valence-electron chi connectivity index (χ0n) is 15.1. The molecule has 2 aromatic rings. The highest BCUT2D eigenvalue weighted by Crippen LogP contribution is 2.39. The monoisotopic (exact) mass is 392 g/mol. The van der Waals surface area contributed by atoms with Crippen molar-refractivity contribution in [3.63, 3.8) is 0 Å². The van der Waals surface area contributed by atoms with E-state index in [0.29, 0.717) is 51.6 Å². The van der Waals surface area contributed by atoms with E-state index in [2.05, 4.69) is 12.2 Å². The second-order valence-electron chi connectivity index (χ2n) is 5.94. The van der Waals surface area contributed by atoms with Crippen molar-refractivity contribution in [1.82, 2.24) is 0 Å². The van der Waals surface area contributed by atoms with Crippen molar-refractivity contribution in [1.29, 1.82) is 0 Å². The molecule has 144 valence electrons. The first-order valence-electron chi connectivity index (χ1n) is 8.54. The molecular formula is C19H21ClN2O5. The quantitative estimate of drug-likeness (QED) is 0.544. The summed E-state index contributed by atoms with van der Waals surface area (Å²) in [5.74, 6) is 1.49. The summed E-state index contributed by atoms with van der Waals surface area (Å²) in [7, 11) is 1.50. The number of amides is 1. The number of rotatable bonds is 7. The Labute approximate surface area is 162 Å². The second-order valence-corrected chi connectivity index (χ2v) is 6.35. The van der Waals surface area contributed by atoms with Crippen LogP contribution in [0.2, 0.25) is 5.02 Å². The van der Waals surface area contributed by atoms with Crippen LogP contribution < -0.4 is 30.0 Å². The average molecular weight is 393 g/mol. The minimum atomic E-state index is -0.388. The van der Waals surface area contributed by atoms with Crippen molar-refractivity contribution in [3.8, 4) is 23.0 Å². The van der Waals surface area contributed by atoms with Crippen LogP contribution in [0, 0.1) is 0 Å². The summed E-state index contributed by atoms with van der Waals surface area (Å²) in [5, 5.41) is 3.05. The first kappa shape index (κ1) is 19.0. The minimum Gasteiger partial charge on any atom is -0.493 e. The Bertz CT molecular complexity index is 856. The fourth-order valence-corrected chi connectivity index (χ4v) is 2.84. The van der Waals surface area contributed by atoms with E-state index < -0.39 is 0 Å². The standard InChI is InChI=1S/C19H21ClN2O5/c1-3-4-5-25-18-12(20)6-11(7-17(18)24-2)19(23)22-14-9-16-15(8-13(14)21)26-10-27-16/h6-9H,3-5,10,21H2,1-2H3,(H,22,23). The SMILES string of the molecule is CCCCOc1c(Cl)cc(C(=O)Nc2cc3c(cc2N)OCO3)cc1OC. The zero-order chi connectivity index (χ0) is 19.4. The second kappa shape index (κ2) is 8.26. The van der Waals surface area contributed by atoms with Crippen LogP contribution in [0.3, 0.4) is 0 Å². The van der Waals surface area contributed by atoms with Crippen molar-refractivity contribution in [3.05, 3.63) is 34.9 Å². The molecule has 0 spiro atoms. The molecule has 8 heteroatoms. The number of nitrogens with one attached hydrogen (secondary N) is 1. The van der Waals surface area contributed by atoms with Crippen molar-refractivity contribution < 1.29 is 23.7 Å². The molecule has 0 atom stereocenters. The number of hydrogen-bond donors (Lipinski definition) is 2. The molecule has 1 aliphatic rings. The van der Waals surface area contributed by atoms with E-state index in [1.54, 1.807) is 18.2 Å². The molecule has 0 aromatic heterocycles. The van der Waals surface area contributed by atoms with E-state index >= 15 is 0 Å². The summed E-state index contributed by atoms with van der Waals surface area (Å²) in [6.45, 7) is 2.71. The van der Waals surface area contributed by atoms with Crippen LogP contribution in [-0.2, 0) is 0 Å². The lowest BCUT2D eigenvalue weighted by molar-refractivity contribution is 0.102. The normalized spacial score (nSPS) is 12.0. The Hall–Kier alpha value is -2.80. The highest BCUT2D eigenvalue weighted by atomic mass is 35.5. The summed E-state index contributed by atoms with van der Waals surface area (Å²) in [5.41, 5.74) is 7.08. The van der Waals surface area contributed by atoms with Crippen LogP contribution in [0.15, 0.2) is 24.3 Å². The van der Waals surface area contributed by atoms with Gasteiger partial charge in [-0.25, -0.2) is 0 Å². The van der Waals surface area contributed by atoms with E-state index in [1.807, 2.05) is 0 Å². The van der Waals surface area contributed by atoms with E-state index in [9.17, 15) is 4.79 Å². The first-order chi connectivity index (χ1) is 13.0. The van der Waals surface area contributed by atoms with E-state index in [-0.39, 0.29) is 12.7 Å². The number of carbonyl (C=O) groups is 1. The van der Waals surface area contributed by atoms with Gasteiger partial charge in [-0.1, -0.05) is 24.9 Å². The lowest BCUT2D eigenvalue weighted by Crippen LogP contribution is -2.14. The maximum Gasteiger partial charge on any atom is 0.255 e. The maximum atomic E-state index is 12.7. The maximum absolute atomic E-state index is 12.7. The van der Waals surface area contributed by atoms with Gasteiger partial charge in [-0.15, -0.1) is 0 Å². The minimum absolute atomic E-state index is 0.123. The predicted molar refractivity (Wildman–Crippen MR) is 103 cm³/mol. The largest absolute Gasteiger partial charge is 0.493 e. The first-order valence-corrected chi connectivity index (χ1v) is 8.92. The summed E-state index contributed by atoms with van der Waals surface area (Å²) in [6.07, 6.45) is 1.89. The van der Waals surface area contributed by atoms with Crippen molar-refractivity contribution in [2.75, 3.05) is 31.6 Å². The van der Waals surface area contributed by atoms with E-state index in [1.165, 1.54) is 13.2 Å². The molecule has 27 heavy (non-hydrogen) atoms. The molecule has 0 unspecified atom stereocenters. The molecule has 1 heterocycles. The molecule has 2 aromatic carbocycles. The molecule has 3 N–H and O–H groups in total. The molecular weight excluding hydrogens is 372 g/mol. The van der Waals surface area contributed by atoms with Crippen molar-refractivity contribution in [2.45, 2.75) is 19.8 Å². The molecule has 0 radical (unpaired) electrons. The van der Waals surface area contributed by atoms with Crippen molar-refractivity contribution in [2.24, 2.45) is 0 Å². The molecule has 0 saturated heterocycles. The predicted octanol–water partition coefficient (Wildman–Crippen LogP) is 4.09. The molecule has 0 saturated carbocycles. The Morgan fingerprint density at radius 1 is 1.26 bits per heavy atom. The van der Waals surface area contributed by atoms with Crippen molar-refractivity contribution >= 4 is 28.9 Å². The summed E-state index contributed by atoms with van der Waals surface area (Å²) in [6, 6.07) is 6.34. The molecule has 7 nitrogen and oxygen atoms in total. The summed E-state index contributed by atoms with van der Waals surface area (Å²) >= 11 is 6.30. The number of halogens is 1. The lowest BCUT2D eigenvalue weighted by Gasteiger charge is -2.14. The van der Waals surface area contributed by atoms with Gasteiger partial charge < -0.3 is 30.0 Å². The van der Waals surface area contributed by atoms with Gasteiger partial charge in [-0.05, 0) is 18.6 Å². The number of benzene rings is 2. The number of fused-ring (bicyclic) bond motifs is 1.